The lowest BCUT2D eigenvalue weighted by atomic mass is 10.2. The number of amides is 1. The van der Waals surface area contributed by atoms with Crippen LogP contribution in [0.2, 0.25) is 0 Å². The molecule has 5 nitrogen and oxygen atoms in total. The molecule has 0 saturated carbocycles. The van der Waals surface area contributed by atoms with Crippen LogP contribution in [-0.2, 0) is 10.5 Å². The Balaban J connectivity index is 1.82. The van der Waals surface area contributed by atoms with Crippen molar-refractivity contribution in [1.29, 1.82) is 0 Å². The summed E-state index contributed by atoms with van der Waals surface area (Å²) in [5, 5.41) is 12.8. The van der Waals surface area contributed by atoms with E-state index in [9.17, 15) is 4.79 Å². The first-order valence-electron chi connectivity index (χ1n) is 10.6. The molecule has 0 spiro atoms. The molecule has 0 aliphatic heterocycles. The molecule has 3 aromatic rings. The topological polar surface area (TPSA) is 59.8 Å². The van der Waals surface area contributed by atoms with Crippen molar-refractivity contribution in [3.63, 3.8) is 0 Å². The Morgan fingerprint density at radius 3 is 2.50 bits per heavy atom. The van der Waals surface area contributed by atoms with Gasteiger partial charge in [0.05, 0.1) is 6.04 Å². The lowest BCUT2D eigenvalue weighted by Gasteiger charge is -2.16. The summed E-state index contributed by atoms with van der Waals surface area (Å²) in [6.07, 6.45) is 3.64. The Kier molecular flexibility index (Phi) is 8.08. The van der Waals surface area contributed by atoms with E-state index in [0.717, 1.165) is 41.7 Å². The molecule has 3 rings (SSSR count). The third-order valence-corrected chi connectivity index (χ3v) is 5.93. The van der Waals surface area contributed by atoms with Gasteiger partial charge in [-0.15, -0.1) is 10.2 Å². The summed E-state index contributed by atoms with van der Waals surface area (Å²) in [6.45, 7) is 6.18. The minimum absolute atomic E-state index is 0.0629. The fourth-order valence-corrected chi connectivity index (χ4v) is 4.14. The summed E-state index contributed by atoms with van der Waals surface area (Å²) in [6, 6.07) is 18.4. The summed E-state index contributed by atoms with van der Waals surface area (Å²) >= 11 is 1.65. The molecule has 0 bridgehead atoms. The Morgan fingerprint density at radius 2 is 1.80 bits per heavy atom. The van der Waals surface area contributed by atoms with Crippen LogP contribution in [0.5, 0.6) is 0 Å². The highest BCUT2D eigenvalue weighted by atomic mass is 32.2. The van der Waals surface area contributed by atoms with Crippen LogP contribution < -0.4 is 5.32 Å². The monoisotopic (exact) mass is 422 g/mol. The molecule has 6 heteroatoms. The molecule has 1 N–H and O–H groups in total. The van der Waals surface area contributed by atoms with Gasteiger partial charge in [0.2, 0.25) is 5.91 Å². The third kappa shape index (κ3) is 5.95. The standard InChI is InChI=1S/C24H30N4OS/c1-4-5-7-12-22(29)25-19(3)23-26-27-24(30-17-20-10-8-6-9-11-20)28(23)21-15-13-18(2)14-16-21/h6,8-11,13-16,19H,4-5,7,12,17H2,1-3H3,(H,25,29)/t19-/m0/s1. The van der Waals surface area contributed by atoms with Gasteiger partial charge in [-0.1, -0.05) is 79.6 Å². The van der Waals surface area contributed by atoms with Crippen LogP contribution in [0.15, 0.2) is 59.8 Å². The van der Waals surface area contributed by atoms with Crippen LogP contribution in [0.4, 0.5) is 0 Å². The van der Waals surface area contributed by atoms with Crippen molar-refractivity contribution >= 4 is 17.7 Å². The number of thioether (sulfide) groups is 1. The number of nitrogens with one attached hydrogen (secondary N) is 1. The van der Waals surface area contributed by atoms with E-state index in [-0.39, 0.29) is 11.9 Å². The predicted octanol–water partition coefficient (Wildman–Crippen LogP) is 5.63. The highest BCUT2D eigenvalue weighted by molar-refractivity contribution is 7.98. The molecule has 30 heavy (non-hydrogen) atoms. The molecule has 0 aliphatic rings. The van der Waals surface area contributed by atoms with Crippen LogP contribution in [0, 0.1) is 6.92 Å². The molecule has 0 unspecified atom stereocenters. The Morgan fingerprint density at radius 1 is 1.07 bits per heavy atom. The van der Waals surface area contributed by atoms with Crippen LogP contribution in [0.1, 0.15) is 62.5 Å². The minimum Gasteiger partial charge on any atom is -0.346 e. The van der Waals surface area contributed by atoms with E-state index in [0.29, 0.717) is 6.42 Å². The number of carbonyl (C=O) groups is 1. The SMILES string of the molecule is CCCCCC(=O)N[C@@H](C)c1nnc(SCc2ccccc2)n1-c1ccc(C)cc1. The summed E-state index contributed by atoms with van der Waals surface area (Å²) in [5.74, 6) is 1.62. The number of unbranched alkanes of at least 4 members (excludes halogenated alkanes) is 2. The van der Waals surface area contributed by atoms with Crippen molar-refractivity contribution in [3.05, 3.63) is 71.5 Å². The van der Waals surface area contributed by atoms with Crippen molar-refractivity contribution in [2.24, 2.45) is 0 Å². The van der Waals surface area contributed by atoms with E-state index in [1.54, 1.807) is 11.8 Å². The first-order chi connectivity index (χ1) is 14.6. The lowest BCUT2D eigenvalue weighted by molar-refractivity contribution is -0.121. The Labute approximate surface area is 183 Å². The van der Waals surface area contributed by atoms with Gasteiger partial charge in [-0.2, -0.15) is 0 Å². The van der Waals surface area contributed by atoms with E-state index in [2.05, 4.69) is 70.3 Å². The molecule has 2 aromatic carbocycles. The molecule has 0 fully saturated rings. The largest absolute Gasteiger partial charge is 0.346 e. The number of aryl methyl sites for hydroxylation is 1. The summed E-state index contributed by atoms with van der Waals surface area (Å²) in [7, 11) is 0. The van der Waals surface area contributed by atoms with Gasteiger partial charge >= 0.3 is 0 Å². The van der Waals surface area contributed by atoms with Gasteiger partial charge in [0, 0.05) is 17.9 Å². The van der Waals surface area contributed by atoms with Gasteiger partial charge < -0.3 is 5.32 Å². The van der Waals surface area contributed by atoms with Gasteiger partial charge in [0.25, 0.3) is 0 Å². The van der Waals surface area contributed by atoms with Crippen LogP contribution in [0.25, 0.3) is 5.69 Å². The summed E-state index contributed by atoms with van der Waals surface area (Å²) < 4.78 is 2.06. The summed E-state index contributed by atoms with van der Waals surface area (Å²) in [4.78, 5) is 12.3. The second kappa shape index (κ2) is 11.0. The number of aromatic nitrogens is 3. The van der Waals surface area contributed by atoms with Gasteiger partial charge in [-0.05, 0) is 38.0 Å². The van der Waals surface area contributed by atoms with Gasteiger partial charge in [0.15, 0.2) is 11.0 Å². The van der Waals surface area contributed by atoms with E-state index >= 15 is 0 Å². The minimum atomic E-state index is -0.223. The zero-order valence-corrected chi connectivity index (χ0v) is 18.8. The predicted molar refractivity (Wildman–Crippen MR) is 123 cm³/mol. The van der Waals surface area contributed by atoms with E-state index < -0.39 is 0 Å². The van der Waals surface area contributed by atoms with Crippen molar-refractivity contribution in [2.75, 3.05) is 0 Å². The molecule has 1 aromatic heterocycles. The van der Waals surface area contributed by atoms with Crippen molar-refractivity contribution in [3.8, 4) is 5.69 Å². The number of rotatable bonds is 10. The van der Waals surface area contributed by atoms with Gasteiger partial charge in [-0.25, -0.2) is 0 Å². The number of hydrogen-bond acceptors (Lipinski definition) is 4. The van der Waals surface area contributed by atoms with E-state index in [4.69, 9.17) is 0 Å². The lowest BCUT2D eigenvalue weighted by Crippen LogP contribution is -2.28. The fraction of sp³-hybridized carbons (Fsp3) is 0.375. The molecule has 1 heterocycles. The Hall–Kier alpha value is -2.60. The van der Waals surface area contributed by atoms with E-state index in [1.807, 2.05) is 25.1 Å². The summed E-state index contributed by atoms with van der Waals surface area (Å²) in [5.41, 5.74) is 3.44. The zero-order valence-electron chi connectivity index (χ0n) is 18.0. The first-order valence-corrected chi connectivity index (χ1v) is 11.6. The average molecular weight is 423 g/mol. The number of nitrogens with zero attached hydrogens (tertiary/aromatic N) is 3. The van der Waals surface area contributed by atoms with Crippen molar-refractivity contribution in [2.45, 2.75) is 63.4 Å². The zero-order chi connectivity index (χ0) is 21.3. The van der Waals surface area contributed by atoms with Crippen molar-refractivity contribution < 1.29 is 4.79 Å². The van der Waals surface area contributed by atoms with Gasteiger partial charge in [0.1, 0.15) is 0 Å². The molecule has 1 amide bonds. The number of benzene rings is 2. The normalized spacial score (nSPS) is 12.0. The van der Waals surface area contributed by atoms with E-state index in [1.165, 1.54) is 11.1 Å². The highest BCUT2D eigenvalue weighted by Crippen LogP contribution is 2.27. The molecular weight excluding hydrogens is 392 g/mol. The second-order valence-electron chi connectivity index (χ2n) is 7.53. The van der Waals surface area contributed by atoms with Gasteiger partial charge in [-0.3, -0.25) is 9.36 Å². The number of hydrogen-bond donors (Lipinski definition) is 1. The third-order valence-electron chi connectivity index (χ3n) is 4.93. The van der Waals surface area contributed by atoms with Crippen LogP contribution in [-0.4, -0.2) is 20.7 Å². The quantitative estimate of drug-likeness (QED) is 0.340. The smallest absolute Gasteiger partial charge is 0.220 e. The molecule has 0 saturated heterocycles. The fourth-order valence-electron chi connectivity index (χ4n) is 3.23. The maximum absolute atomic E-state index is 12.3. The molecule has 0 aliphatic carbocycles. The van der Waals surface area contributed by atoms with Crippen LogP contribution in [0.3, 0.4) is 0 Å². The maximum atomic E-state index is 12.3. The van der Waals surface area contributed by atoms with Crippen LogP contribution >= 0.6 is 11.8 Å². The highest BCUT2D eigenvalue weighted by Gasteiger charge is 2.21. The molecule has 1 atom stereocenters. The molecular formula is C24H30N4OS. The first kappa shape index (κ1) is 22.1. The number of carbonyl (C=O) groups excluding carboxylic acids is 1. The molecule has 158 valence electrons. The molecule has 0 radical (unpaired) electrons. The maximum Gasteiger partial charge on any atom is 0.220 e. The Bertz CT molecular complexity index is 938. The second-order valence-corrected chi connectivity index (χ2v) is 8.47. The average Bonchev–Trinajstić information content (AvgIpc) is 3.18. The van der Waals surface area contributed by atoms with Crippen molar-refractivity contribution in [1.82, 2.24) is 20.1 Å².